The minimum Gasteiger partial charge on any atom is -0.465 e. The van der Waals surface area contributed by atoms with Crippen LogP contribution >= 0.6 is 23.2 Å². The highest BCUT2D eigenvalue weighted by Crippen LogP contribution is 2.37. The Morgan fingerprint density at radius 2 is 1.74 bits per heavy atom. The smallest absolute Gasteiger partial charge is 0.340 e. The predicted octanol–water partition coefficient (Wildman–Crippen LogP) is 5.05. The van der Waals surface area contributed by atoms with Crippen molar-refractivity contribution in [2.75, 3.05) is 18.6 Å². The Kier molecular flexibility index (Phi) is 6.83. The van der Waals surface area contributed by atoms with Crippen molar-refractivity contribution in [3.8, 4) is 0 Å². The van der Waals surface area contributed by atoms with Gasteiger partial charge in [-0.05, 0) is 55.8 Å². The number of methoxy groups -OCH3 is 1. The molecule has 0 radical (unpaired) electrons. The van der Waals surface area contributed by atoms with Gasteiger partial charge in [0, 0.05) is 11.4 Å². The normalized spacial score (nSPS) is 14.9. The van der Waals surface area contributed by atoms with Gasteiger partial charge in [-0.25, -0.2) is 9.59 Å². The van der Waals surface area contributed by atoms with Gasteiger partial charge in [-0.2, -0.15) is 0 Å². The first kappa shape index (κ1) is 22.6. The van der Waals surface area contributed by atoms with Gasteiger partial charge in [0.05, 0.1) is 40.5 Å². The standard InChI is InChI=1S/C23H19Cl2NO5/c1-4-31-22(28)14-8-10-16(11-9-14)26-13(2)19(23(29)30-3)17(21(26)27)12-15-6-5-7-18(24)20(15)25/h5-12H,4H2,1-3H3. The number of allylic oxidation sites excluding steroid dienone is 1. The molecule has 0 bridgehead atoms. The lowest BCUT2D eigenvalue weighted by Crippen LogP contribution is -2.24. The number of esters is 2. The molecule has 160 valence electrons. The van der Waals surface area contributed by atoms with Crippen molar-refractivity contribution in [1.82, 2.24) is 0 Å². The van der Waals surface area contributed by atoms with Crippen molar-refractivity contribution in [2.45, 2.75) is 13.8 Å². The first-order chi connectivity index (χ1) is 14.8. The highest BCUT2D eigenvalue weighted by molar-refractivity contribution is 6.43. The molecule has 1 amide bonds. The molecular formula is C23H19Cl2NO5. The number of rotatable bonds is 5. The van der Waals surface area contributed by atoms with Crippen LogP contribution in [0.3, 0.4) is 0 Å². The number of carbonyl (C=O) groups excluding carboxylic acids is 3. The lowest BCUT2D eigenvalue weighted by molar-refractivity contribution is -0.136. The van der Waals surface area contributed by atoms with Crippen LogP contribution in [0, 0.1) is 0 Å². The van der Waals surface area contributed by atoms with Gasteiger partial charge in [0.2, 0.25) is 0 Å². The van der Waals surface area contributed by atoms with Gasteiger partial charge in [0.15, 0.2) is 0 Å². The summed E-state index contributed by atoms with van der Waals surface area (Å²) in [5.74, 6) is -1.54. The van der Waals surface area contributed by atoms with Crippen LogP contribution in [-0.4, -0.2) is 31.6 Å². The number of halogens is 2. The molecule has 2 aromatic rings. The monoisotopic (exact) mass is 459 g/mol. The zero-order valence-electron chi connectivity index (χ0n) is 17.1. The maximum Gasteiger partial charge on any atom is 0.340 e. The lowest BCUT2D eigenvalue weighted by Gasteiger charge is -2.18. The lowest BCUT2D eigenvalue weighted by atomic mass is 10.0. The van der Waals surface area contributed by atoms with Crippen molar-refractivity contribution in [3.05, 3.63) is 80.5 Å². The fourth-order valence-electron chi connectivity index (χ4n) is 3.24. The van der Waals surface area contributed by atoms with E-state index in [-0.39, 0.29) is 22.8 Å². The van der Waals surface area contributed by atoms with Crippen molar-refractivity contribution >= 4 is 52.8 Å². The van der Waals surface area contributed by atoms with Crippen molar-refractivity contribution < 1.29 is 23.9 Å². The Bertz CT molecular complexity index is 1120. The SMILES string of the molecule is CCOC(=O)c1ccc(N2C(=O)C(=Cc3cccc(Cl)c3Cl)C(C(=O)OC)=C2C)cc1. The molecule has 0 N–H and O–H groups in total. The molecule has 0 aliphatic carbocycles. The van der Waals surface area contributed by atoms with E-state index in [1.807, 2.05) is 0 Å². The van der Waals surface area contributed by atoms with E-state index in [4.69, 9.17) is 32.7 Å². The molecule has 0 unspecified atom stereocenters. The second-order valence-corrected chi connectivity index (χ2v) is 7.35. The van der Waals surface area contributed by atoms with Crippen molar-refractivity contribution in [2.24, 2.45) is 0 Å². The third-order valence-electron chi connectivity index (χ3n) is 4.71. The number of nitrogens with zero attached hydrogens (tertiary/aromatic N) is 1. The van der Waals surface area contributed by atoms with E-state index in [0.29, 0.717) is 27.5 Å². The van der Waals surface area contributed by atoms with Crippen LogP contribution in [0.2, 0.25) is 10.0 Å². The molecule has 0 aromatic heterocycles. The summed E-state index contributed by atoms with van der Waals surface area (Å²) in [5, 5.41) is 0.594. The Balaban J connectivity index is 2.07. The zero-order chi connectivity index (χ0) is 22.7. The van der Waals surface area contributed by atoms with E-state index in [2.05, 4.69) is 0 Å². The average Bonchev–Trinajstić information content (AvgIpc) is 3.00. The molecule has 2 aromatic carbocycles. The van der Waals surface area contributed by atoms with Gasteiger partial charge in [-0.15, -0.1) is 0 Å². The fraction of sp³-hybridized carbons (Fsp3) is 0.174. The first-order valence-electron chi connectivity index (χ1n) is 9.37. The van der Waals surface area contributed by atoms with E-state index in [0.717, 1.165) is 0 Å². The predicted molar refractivity (Wildman–Crippen MR) is 119 cm³/mol. The van der Waals surface area contributed by atoms with Crippen LogP contribution in [0.5, 0.6) is 0 Å². The van der Waals surface area contributed by atoms with Crippen LogP contribution in [0.1, 0.15) is 29.8 Å². The third kappa shape index (κ3) is 4.36. The summed E-state index contributed by atoms with van der Waals surface area (Å²) in [7, 11) is 1.24. The number of hydrogen-bond donors (Lipinski definition) is 0. The number of carbonyl (C=O) groups is 3. The topological polar surface area (TPSA) is 72.9 Å². The summed E-state index contributed by atoms with van der Waals surface area (Å²) >= 11 is 12.3. The molecule has 0 spiro atoms. The number of benzene rings is 2. The van der Waals surface area contributed by atoms with Crippen molar-refractivity contribution in [1.29, 1.82) is 0 Å². The van der Waals surface area contributed by atoms with Gasteiger partial charge < -0.3 is 9.47 Å². The van der Waals surface area contributed by atoms with E-state index in [1.165, 1.54) is 18.1 Å². The van der Waals surface area contributed by atoms with Crippen LogP contribution < -0.4 is 4.90 Å². The number of ether oxygens (including phenoxy) is 2. The van der Waals surface area contributed by atoms with E-state index < -0.39 is 17.8 Å². The van der Waals surface area contributed by atoms with Gasteiger partial charge in [0.25, 0.3) is 5.91 Å². The van der Waals surface area contributed by atoms with Gasteiger partial charge in [-0.1, -0.05) is 35.3 Å². The van der Waals surface area contributed by atoms with Crippen molar-refractivity contribution in [3.63, 3.8) is 0 Å². The summed E-state index contributed by atoms with van der Waals surface area (Å²) in [5.41, 5.74) is 1.98. The second kappa shape index (κ2) is 9.37. The quantitative estimate of drug-likeness (QED) is 0.462. The Morgan fingerprint density at radius 1 is 1.06 bits per heavy atom. The summed E-state index contributed by atoms with van der Waals surface area (Å²) in [4.78, 5) is 39.1. The molecule has 31 heavy (non-hydrogen) atoms. The summed E-state index contributed by atoms with van der Waals surface area (Å²) in [6, 6.07) is 11.3. The number of hydrogen-bond acceptors (Lipinski definition) is 5. The van der Waals surface area contributed by atoms with Crippen LogP contribution in [0.25, 0.3) is 6.08 Å². The molecule has 3 rings (SSSR count). The molecule has 0 saturated heterocycles. The summed E-state index contributed by atoms with van der Waals surface area (Å²) in [6.45, 7) is 3.62. The van der Waals surface area contributed by atoms with E-state index in [1.54, 1.807) is 56.3 Å². The molecule has 0 atom stereocenters. The van der Waals surface area contributed by atoms with Gasteiger partial charge in [-0.3, -0.25) is 9.69 Å². The van der Waals surface area contributed by atoms with Crippen LogP contribution in [0.15, 0.2) is 59.3 Å². The molecule has 0 fully saturated rings. The van der Waals surface area contributed by atoms with Crippen LogP contribution in [-0.2, 0) is 19.1 Å². The minimum absolute atomic E-state index is 0.123. The molecule has 6 nitrogen and oxygen atoms in total. The molecule has 1 aliphatic heterocycles. The molecule has 0 saturated carbocycles. The maximum atomic E-state index is 13.3. The minimum atomic E-state index is -0.652. The molecule has 8 heteroatoms. The van der Waals surface area contributed by atoms with Crippen LogP contribution in [0.4, 0.5) is 5.69 Å². The van der Waals surface area contributed by atoms with Gasteiger partial charge in [0.1, 0.15) is 0 Å². The largest absolute Gasteiger partial charge is 0.465 e. The van der Waals surface area contributed by atoms with E-state index >= 15 is 0 Å². The first-order valence-corrected chi connectivity index (χ1v) is 10.1. The second-order valence-electron chi connectivity index (χ2n) is 6.56. The summed E-state index contributed by atoms with van der Waals surface area (Å²) < 4.78 is 9.88. The molecule has 1 aliphatic rings. The molecular weight excluding hydrogens is 441 g/mol. The average molecular weight is 460 g/mol. The molecule has 1 heterocycles. The zero-order valence-corrected chi connectivity index (χ0v) is 18.6. The number of amides is 1. The van der Waals surface area contributed by atoms with Gasteiger partial charge >= 0.3 is 11.9 Å². The summed E-state index contributed by atoms with van der Waals surface area (Å²) in [6.07, 6.45) is 1.51. The highest BCUT2D eigenvalue weighted by atomic mass is 35.5. The fourth-order valence-corrected chi connectivity index (χ4v) is 3.60. The third-order valence-corrected chi connectivity index (χ3v) is 5.54. The Hall–Kier alpha value is -3.09. The Labute approximate surface area is 189 Å². The highest BCUT2D eigenvalue weighted by Gasteiger charge is 2.38. The maximum absolute atomic E-state index is 13.3. The number of anilines is 1. The van der Waals surface area contributed by atoms with E-state index in [9.17, 15) is 14.4 Å². The Morgan fingerprint density at radius 3 is 2.35 bits per heavy atom.